The Labute approximate surface area is 91.9 Å². The van der Waals surface area contributed by atoms with Gasteiger partial charge in [0.05, 0.1) is 17.7 Å². The Morgan fingerprint density at radius 3 is 2.80 bits per heavy atom. The van der Waals surface area contributed by atoms with Gasteiger partial charge in [0.15, 0.2) is 0 Å². The first-order chi connectivity index (χ1) is 7.04. The molecule has 0 aromatic heterocycles. The average Bonchev–Trinajstić information content (AvgIpc) is 2.18. The van der Waals surface area contributed by atoms with E-state index in [1.165, 1.54) is 19.1 Å². The minimum atomic E-state index is -0.603. The summed E-state index contributed by atoms with van der Waals surface area (Å²) in [6.45, 7) is 1.04. The molecule has 1 aromatic carbocycles. The molecule has 1 unspecified atom stereocenters. The van der Waals surface area contributed by atoms with Gasteiger partial charge in [0.2, 0.25) is 5.91 Å². The second-order valence-corrected chi connectivity index (χ2v) is 3.52. The minimum Gasteiger partial charge on any atom is -0.394 e. The topological polar surface area (TPSA) is 49.3 Å². The number of rotatable bonds is 3. The summed E-state index contributed by atoms with van der Waals surface area (Å²) in [5.41, 5.74) is 0.481. The summed E-state index contributed by atoms with van der Waals surface area (Å²) >= 11 is 5.51. The van der Waals surface area contributed by atoms with Crippen molar-refractivity contribution in [3.05, 3.63) is 34.6 Å². The highest BCUT2D eigenvalue weighted by molar-refractivity contribution is 6.30. The van der Waals surface area contributed by atoms with Gasteiger partial charge in [-0.05, 0) is 17.7 Å². The van der Waals surface area contributed by atoms with Crippen molar-refractivity contribution < 1.29 is 14.3 Å². The number of nitrogens with one attached hydrogen (secondary N) is 1. The summed E-state index contributed by atoms with van der Waals surface area (Å²) in [5, 5.41) is 11.5. The fraction of sp³-hybridized carbons (Fsp3) is 0.300. The largest absolute Gasteiger partial charge is 0.394 e. The molecule has 1 amide bonds. The highest BCUT2D eigenvalue weighted by Gasteiger charge is 2.12. The molecule has 1 rings (SSSR count). The maximum Gasteiger partial charge on any atom is 0.217 e. The summed E-state index contributed by atoms with van der Waals surface area (Å²) in [7, 11) is 0. The Hall–Kier alpha value is -1.13. The van der Waals surface area contributed by atoms with Gasteiger partial charge >= 0.3 is 0 Å². The van der Waals surface area contributed by atoms with Crippen LogP contribution in [0.3, 0.4) is 0 Å². The van der Waals surface area contributed by atoms with Crippen LogP contribution >= 0.6 is 11.6 Å². The first kappa shape index (κ1) is 11.9. The van der Waals surface area contributed by atoms with E-state index in [9.17, 15) is 9.18 Å². The molecule has 0 aliphatic heterocycles. The second kappa shape index (κ2) is 5.09. The zero-order valence-electron chi connectivity index (χ0n) is 8.13. The van der Waals surface area contributed by atoms with Gasteiger partial charge in [-0.15, -0.1) is 0 Å². The van der Waals surface area contributed by atoms with E-state index >= 15 is 0 Å². The van der Waals surface area contributed by atoms with E-state index in [0.29, 0.717) is 5.56 Å². The van der Waals surface area contributed by atoms with E-state index in [0.717, 1.165) is 0 Å². The summed E-state index contributed by atoms with van der Waals surface area (Å²) in [5.74, 6) is -0.859. The van der Waals surface area contributed by atoms with Crippen LogP contribution in [0.4, 0.5) is 4.39 Å². The van der Waals surface area contributed by atoms with Crippen molar-refractivity contribution in [2.24, 2.45) is 0 Å². The molecule has 82 valence electrons. The highest BCUT2D eigenvalue weighted by atomic mass is 35.5. The smallest absolute Gasteiger partial charge is 0.217 e. The monoisotopic (exact) mass is 231 g/mol. The number of hydrogen-bond donors (Lipinski definition) is 2. The number of carbonyl (C=O) groups excluding carboxylic acids is 1. The van der Waals surface area contributed by atoms with Crippen molar-refractivity contribution >= 4 is 17.5 Å². The number of halogens is 2. The SMILES string of the molecule is CC(=O)NC(CO)c1ccc(Cl)c(F)c1. The molecule has 0 fully saturated rings. The fourth-order valence-electron chi connectivity index (χ4n) is 1.21. The summed E-state index contributed by atoms with van der Waals surface area (Å²) in [6, 6.07) is 3.53. The van der Waals surface area contributed by atoms with E-state index < -0.39 is 11.9 Å². The van der Waals surface area contributed by atoms with Crippen LogP contribution in [-0.2, 0) is 4.79 Å². The quantitative estimate of drug-likeness (QED) is 0.831. The Bertz CT molecular complexity index is 370. The van der Waals surface area contributed by atoms with Crippen LogP contribution in [0.2, 0.25) is 5.02 Å². The minimum absolute atomic E-state index is 0.0123. The summed E-state index contributed by atoms with van der Waals surface area (Å²) in [6.07, 6.45) is 0. The first-order valence-corrected chi connectivity index (χ1v) is 4.75. The van der Waals surface area contributed by atoms with E-state index in [2.05, 4.69) is 5.32 Å². The van der Waals surface area contributed by atoms with E-state index in [1.807, 2.05) is 0 Å². The first-order valence-electron chi connectivity index (χ1n) is 4.37. The van der Waals surface area contributed by atoms with Gasteiger partial charge in [-0.25, -0.2) is 4.39 Å². The Balaban J connectivity index is 2.92. The number of aliphatic hydroxyl groups is 1. The lowest BCUT2D eigenvalue weighted by Crippen LogP contribution is -2.28. The number of aliphatic hydroxyl groups excluding tert-OH is 1. The molecule has 1 aromatic rings. The molecular formula is C10H11ClFNO2. The van der Waals surface area contributed by atoms with Crippen LogP contribution in [-0.4, -0.2) is 17.6 Å². The number of carbonyl (C=O) groups is 1. The Kier molecular flexibility index (Phi) is 4.05. The van der Waals surface area contributed by atoms with Crippen LogP contribution in [0.5, 0.6) is 0 Å². The van der Waals surface area contributed by atoms with Gasteiger partial charge in [-0.3, -0.25) is 4.79 Å². The predicted octanol–water partition coefficient (Wildman–Crippen LogP) is 1.65. The van der Waals surface area contributed by atoms with E-state index in [4.69, 9.17) is 16.7 Å². The molecule has 0 bridgehead atoms. The van der Waals surface area contributed by atoms with Crippen molar-refractivity contribution in [1.29, 1.82) is 0 Å². The zero-order chi connectivity index (χ0) is 11.4. The van der Waals surface area contributed by atoms with E-state index in [-0.39, 0.29) is 17.5 Å². The maximum atomic E-state index is 13.1. The van der Waals surface area contributed by atoms with Crippen molar-refractivity contribution in [3.63, 3.8) is 0 Å². The third kappa shape index (κ3) is 3.18. The van der Waals surface area contributed by atoms with Crippen LogP contribution in [0.15, 0.2) is 18.2 Å². The molecule has 0 spiro atoms. The van der Waals surface area contributed by atoms with Crippen LogP contribution in [0.25, 0.3) is 0 Å². The van der Waals surface area contributed by atoms with Gasteiger partial charge in [0, 0.05) is 6.92 Å². The lowest BCUT2D eigenvalue weighted by atomic mass is 10.1. The third-order valence-corrected chi connectivity index (χ3v) is 2.21. The summed E-state index contributed by atoms with van der Waals surface area (Å²) < 4.78 is 13.1. The molecule has 15 heavy (non-hydrogen) atoms. The van der Waals surface area contributed by atoms with Gasteiger partial charge in [0.25, 0.3) is 0 Å². The summed E-state index contributed by atoms with van der Waals surface area (Å²) in [4.78, 5) is 10.8. The molecule has 2 N–H and O–H groups in total. The number of hydrogen-bond acceptors (Lipinski definition) is 2. The molecule has 0 aliphatic carbocycles. The van der Waals surface area contributed by atoms with Gasteiger partial charge in [-0.1, -0.05) is 17.7 Å². The Morgan fingerprint density at radius 2 is 2.33 bits per heavy atom. The molecule has 0 saturated carbocycles. The normalized spacial score (nSPS) is 12.3. The molecule has 1 atom stereocenters. The fourth-order valence-corrected chi connectivity index (χ4v) is 1.33. The van der Waals surface area contributed by atoms with Crippen molar-refractivity contribution in [1.82, 2.24) is 5.32 Å². The molecular weight excluding hydrogens is 221 g/mol. The van der Waals surface area contributed by atoms with Gasteiger partial charge in [0.1, 0.15) is 5.82 Å². The molecule has 5 heteroatoms. The van der Waals surface area contributed by atoms with Crippen LogP contribution < -0.4 is 5.32 Å². The predicted molar refractivity (Wildman–Crippen MR) is 55.1 cm³/mol. The zero-order valence-corrected chi connectivity index (χ0v) is 8.88. The van der Waals surface area contributed by atoms with Crippen molar-refractivity contribution in [2.75, 3.05) is 6.61 Å². The average molecular weight is 232 g/mol. The van der Waals surface area contributed by atoms with Crippen molar-refractivity contribution in [2.45, 2.75) is 13.0 Å². The molecule has 0 saturated heterocycles. The lowest BCUT2D eigenvalue weighted by molar-refractivity contribution is -0.120. The molecule has 0 aliphatic rings. The number of amides is 1. The lowest BCUT2D eigenvalue weighted by Gasteiger charge is -2.15. The van der Waals surface area contributed by atoms with Gasteiger partial charge < -0.3 is 10.4 Å². The third-order valence-electron chi connectivity index (χ3n) is 1.91. The van der Waals surface area contributed by atoms with E-state index in [1.54, 1.807) is 6.07 Å². The van der Waals surface area contributed by atoms with Crippen molar-refractivity contribution in [3.8, 4) is 0 Å². The number of benzene rings is 1. The standard InChI is InChI=1S/C10H11ClFNO2/c1-6(15)13-10(5-14)7-2-3-8(11)9(12)4-7/h2-4,10,14H,5H2,1H3,(H,13,15). The van der Waals surface area contributed by atoms with Crippen LogP contribution in [0.1, 0.15) is 18.5 Å². The van der Waals surface area contributed by atoms with Crippen LogP contribution in [0, 0.1) is 5.82 Å². The van der Waals surface area contributed by atoms with Gasteiger partial charge in [-0.2, -0.15) is 0 Å². The molecule has 0 radical (unpaired) electrons. The Morgan fingerprint density at radius 1 is 1.67 bits per heavy atom. The second-order valence-electron chi connectivity index (χ2n) is 3.11. The highest BCUT2D eigenvalue weighted by Crippen LogP contribution is 2.20. The molecule has 3 nitrogen and oxygen atoms in total. The maximum absolute atomic E-state index is 13.1. The molecule has 0 heterocycles.